The van der Waals surface area contributed by atoms with Gasteiger partial charge in [-0.2, -0.15) is 0 Å². The lowest BCUT2D eigenvalue weighted by molar-refractivity contribution is 0.0416. The van der Waals surface area contributed by atoms with Gasteiger partial charge in [0, 0.05) is 13.2 Å². The van der Waals surface area contributed by atoms with Gasteiger partial charge in [0.25, 0.3) is 0 Å². The molecule has 0 bridgehead atoms. The van der Waals surface area contributed by atoms with Crippen molar-refractivity contribution in [1.82, 2.24) is 0 Å². The van der Waals surface area contributed by atoms with Crippen LogP contribution in [0.25, 0.3) is 0 Å². The molecular weight excluding hydrogens is 256 g/mol. The number of aliphatic hydroxyl groups is 2. The minimum atomic E-state index is -0.174. The van der Waals surface area contributed by atoms with Gasteiger partial charge in [-0.15, -0.1) is 6.58 Å². The normalized spacial score (nSPS) is 12.0. The topological polar surface area (TPSA) is 58.9 Å². The van der Waals surface area contributed by atoms with E-state index in [0.29, 0.717) is 13.2 Å². The van der Waals surface area contributed by atoms with Crippen LogP contribution < -0.4 is 0 Å². The summed E-state index contributed by atoms with van der Waals surface area (Å²) < 4.78 is 10.4. The minimum absolute atomic E-state index is 0.0349. The smallest absolute Gasteiger partial charge is 0.0983 e. The minimum Gasteiger partial charge on any atom is -0.393 e. The molecule has 0 radical (unpaired) electrons. The molecule has 0 rings (SSSR count). The van der Waals surface area contributed by atoms with Crippen molar-refractivity contribution in [3.8, 4) is 0 Å². The molecule has 2 N–H and O–H groups in total. The van der Waals surface area contributed by atoms with Crippen molar-refractivity contribution in [2.24, 2.45) is 0 Å². The van der Waals surface area contributed by atoms with E-state index in [9.17, 15) is 0 Å². The van der Waals surface area contributed by atoms with Crippen LogP contribution in [0.4, 0.5) is 0 Å². The fourth-order valence-corrected chi connectivity index (χ4v) is 1.11. The summed E-state index contributed by atoms with van der Waals surface area (Å²) >= 11 is 0. The maximum atomic E-state index is 8.63. The molecule has 0 aromatic rings. The number of rotatable bonds is 12. The molecule has 0 saturated carbocycles. The summed E-state index contributed by atoms with van der Waals surface area (Å²) in [7, 11) is 0. The van der Waals surface area contributed by atoms with Gasteiger partial charge in [0.1, 0.15) is 0 Å². The monoisotopic (exact) mass is 288 g/mol. The summed E-state index contributed by atoms with van der Waals surface area (Å²) in [6.07, 6.45) is 9.42. The Morgan fingerprint density at radius 1 is 1.05 bits per heavy atom. The first-order valence-corrected chi connectivity index (χ1v) is 7.45. The molecule has 0 amide bonds. The quantitative estimate of drug-likeness (QED) is 0.428. The third-order valence-electron chi connectivity index (χ3n) is 2.40. The van der Waals surface area contributed by atoms with Crippen LogP contribution in [0.1, 0.15) is 39.5 Å². The Morgan fingerprint density at radius 3 is 2.20 bits per heavy atom. The molecule has 0 spiro atoms. The second kappa shape index (κ2) is 20.6. The molecule has 20 heavy (non-hydrogen) atoms. The summed E-state index contributed by atoms with van der Waals surface area (Å²) in [5.41, 5.74) is 0. The molecule has 0 aromatic heterocycles. The number of unbranched alkanes of at least 4 members (excludes halogenated alkanes) is 2. The molecule has 0 aromatic carbocycles. The van der Waals surface area contributed by atoms with Gasteiger partial charge in [0.15, 0.2) is 0 Å². The lowest BCUT2D eigenvalue weighted by Gasteiger charge is -2.09. The highest BCUT2D eigenvalue weighted by molar-refractivity contribution is 4.80. The van der Waals surface area contributed by atoms with Gasteiger partial charge >= 0.3 is 0 Å². The second-order valence-electron chi connectivity index (χ2n) is 4.26. The van der Waals surface area contributed by atoms with E-state index in [1.54, 1.807) is 12.2 Å². The van der Waals surface area contributed by atoms with Crippen molar-refractivity contribution in [3.05, 3.63) is 24.8 Å². The van der Waals surface area contributed by atoms with Gasteiger partial charge in [-0.3, -0.25) is 0 Å². The van der Waals surface area contributed by atoms with Crippen LogP contribution in [0, 0.1) is 0 Å². The van der Waals surface area contributed by atoms with Crippen molar-refractivity contribution in [2.45, 2.75) is 45.6 Å². The summed E-state index contributed by atoms with van der Waals surface area (Å²) in [5.74, 6) is 0. The number of hydrogen-bond donors (Lipinski definition) is 2. The van der Waals surface area contributed by atoms with Gasteiger partial charge in [-0.05, 0) is 12.8 Å². The lowest BCUT2D eigenvalue weighted by atomic mass is 10.3. The van der Waals surface area contributed by atoms with Gasteiger partial charge in [0.05, 0.1) is 25.9 Å². The highest BCUT2D eigenvalue weighted by Crippen LogP contribution is 1.95. The Morgan fingerprint density at radius 2 is 1.70 bits per heavy atom. The van der Waals surface area contributed by atoms with Gasteiger partial charge < -0.3 is 19.7 Å². The third-order valence-corrected chi connectivity index (χ3v) is 2.40. The van der Waals surface area contributed by atoms with Gasteiger partial charge in [0.2, 0.25) is 0 Å². The van der Waals surface area contributed by atoms with Crippen LogP contribution in [0.15, 0.2) is 24.8 Å². The summed E-state index contributed by atoms with van der Waals surface area (Å²) in [6, 6.07) is 0. The zero-order valence-corrected chi connectivity index (χ0v) is 13.1. The van der Waals surface area contributed by atoms with Crippen LogP contribution in [-0.4, -0.2) is 49.4 Å². The first-order valence-electron chi connectivity index (χ1n) is 7.45. The van der Waals surface area contributed by atoms with Crippen molar-refractivity contribution >= 4 is 0 Å². The third kappa shape index (κ3) is 19.7. The first kappa shape index (κ1) is 21.6. The second-order valence-corrected chi connectivity index (χ2v) is 4.26. The van der Waals surface area contributed by atoms with E-state index in [4.69, 9.17) is 19.7 Å². The number of hydrogen-bond acceptors (Lipinski definition) is 4. The van der Waals surface area contributed by atoms with E-state index in [-0.39, 0.29) is 19.3 Å². The Balaban J connectivity index is 0. The van der Waals surface area contributed by atoms with Crippen LogP contribution >= 0.6 is 0 Å². The molecule has 0 aliphatic rings. The Kier molecular flexibility index (Phi) is 22.3. The molecule has 1 atom stereocenters. The molecule has 0 aliphatic carbocycles. The van der Waals surface area contributed by atoms with Gasteiger partial charge in [-0.1, -0.05) is 44.9 Å². The summed E-state index contributed by atoms with van der Waals surface area (Å²) in [6.45, 7) is 10.1. The Bertz CT molecular complexity index is 205. The summed E-state index contributed by atoms with van der Waals surface area (Å²) in [4.78, 5) is 0. The van der Waals surface area contributed by atoms with E-state index >= 15 is 0 Å². The standard InChI is InChI=1S/2C8H16O2/c1-3-5-6-10-8(4-2)7-9;1-2-3-7-10-8-5-4-6-9/h4,8-9H,2-3,5-7H2,1H3;4-5,9H,2-3,6-8H2,1H3/b;5-4+. The molecule has 4 nitrogen and oxygen atoms in total. The van der Waals surface area contributed by atoms with E-state index in [2.05, 4.69) is 20.4 Å². The van der Waals surface area contributed by atoms with Crippen LogP contribution in [0.3, 0.4) is 0 Å². The molecule has 4 heteroatoms. The first-order chi connectivity index (χ1) is 9.76. The fourth-order valence-electron chi connectivity index (χ4n) is 1.11. The lowest BCUT2D eigenvalue weighted by Crippen LogP contribution is -2.14. The number of aliphatic hydroxyl groups excluding tert-OH is 2. The molecule has 0 saturated heterocycles. The van der Waals surface area contributed by atoms with Crippen molar-refractivity contribution in [1.29, 1.82) is 0 Å². The SMILES string of the molecule is C=CC(CO)OCCCC.CCCCOC/C=C/CO. The molecule has 1 unspecified atom stereocenters. The molecule has 0 heterocycles. The highest BCUT2D eigenvalue weighted by atomic mass is 16.5. The predicted molar refractivity (Wildman–Crippen MR) is 83.9 cm³/mol. The Labute approximate surface area is 124 Å². The largest absolute Gasteiger partial charge is 0.393 e. The highest BCUT2D eigenvalue weighted by Gasteiger charge is 1.99. The van der Waals surface area contributed by atoms with Crippen molar-refractivity contribution < 1.29 is 19.7 Å². The van der Waals surface area contributed by atoms with Crippen molar-refractivity contribution in [3.63, 3.8) is 0 Å². The van der Waals surface area contributed by atoms with Crippen molar-refractivity contribution in [2.75, 3.05) is 33.0 Å². The number of ether oxygens (including phenoxy) is 2. The van der Waals surface area contributed by atoms with E-state index < -0.39 is 0 Å². The predicted octanol–water partition coefficient (Wildman–Crippen LogP) is 2.70. The Hall–Kier alpha value is -0.680. The van der Waals surface area contributed by atoms with E-state index in [0.717, 1.165) is 25.9 Å². The molecule has 0 fully saturated rings. The maximum absolute atomic E-state index is 8.63. The van der Waals surface area contributed by atoms with Gasteiger partial charge in [-0.25, -0.2) is 0 Å². The van der Waals surface area contributed by atoms with Crippen LogP contribution in [0.2, 0.25) is 0 Å². The molecule has 120 valence electrons. The summed E-state index contributed by atoms with van der Waals surface area (Å²) in [5, 5.41) is 17.0. The van der Waals surface area contributed by atoms with Crippen LogP contribution in [-0.2, 0) is 9.47 Å². The molecule has 0 aliphatic heterocycles. The van der Waals surface area contributed by atoms with E-state index in [1.165, 1.54) is 6.42 Å². The average molecular weight is 288 g/mol. The molecular formula is C16H32O4. The van der Waals surface area contributed by atoms with E-state index in [1.807, 2.05) is 6.08 Å². The fraction of sp³-hybridized carbons (Fsp3) is 0.750. The maximum Gasteiger partial charge on any atom is 0.0983 e. The zero-order chi connectivity index (χ0) is 15.5. The van der Waals surface area contributed by atoms with Crippen LogP contribution in [0.5, 0.6) is 0 Å². The zero-order valence-electron chi connectivity index (χ0n) is 13.1. The average Bonchev–Trinajstić information content (AvgIpc) is 2.48.